The van der Waals surface area contributed by atoms with E-state index in [9.17, 15) is 0 Å². The molecule has 1 unspecified atom stereocenters. The Bertz CT molecular complexity index is 408. The fourth-order valence-corrected chi connectivity index (χ4v) is 3.06. The van der Waals surface area contributed by atoms with E-state index in [0.717, 1.165) is 11.4 Å². The molecular weight excluding hydrogens is 220 g/mol. The van der Waals surface area contributed by atoms with Gasteiger partial charge in [0.2, 0.25) is 5.88 Å². The van der Waals surface area contributed by atoms with Crippen LogP contribution in [-0.2, 0) is 0 Å². The number of nitriles is 1. The number of aromatic nitrogens is 1. The highest BCUT2D eigenvalue weighted by atomic mass is 32.2. The molecular formula is C12H14N2OS. The van der Waals surface area contributed by atoms with Crippen LogP contribution in [0.1, 0.15) is 30.0 Å². The molecule has 4 heteroatoms. The predicted molar refractivity (Wildman–Crippen MR) is 64.8 cm³/mol. The second-order valence-electron chi connectivity index (χ2n) is 3.82. The van der Waals surface area contributed by atoms with Gasteiger partial charge in [-0.05, 0) is 30.7 Å². The molecule has 0 aromatic carbocycles. The number of methoxy groups -OCH3 is 1. The second-order valence-corrected chi connectivity index (χ2v) is 4.97. The van der Waals surface area contributed by atoms with Crippen molar-refractivity contribution in [2.75, 3.05) is 18.6 Å². The Morgan fingerprint density at radius 2 is 2.44 bits per heavy atom. The van der Waals surface area contributed by atoms with Crippen LogP contribution in [0.3, 0.4) is 0 Å². The molecule has 0 radical (unpaired) electrons. The third-order valence-electron chi connectivity index (χ3n) is 2.77. The van der Waals surface area contributed by atoms with Crippen LogP contribution in [0.15, 0.2) is 12.1 Å². The Morgan fingerprint density at radius 3 is 3.06 bits per heavy atom. The van der Waals surface area contributed by atoms with Crippen molar-refractivity contribution in [1.29, 1.82) is 5.26 Å². The number of nitrogens with zero attached hydrogens (tertiary/aromatic N) is 2. The Balaban J connectivity index is 2.25. The lowest BCUT2D eigenvalue weighted by Crippen LogP contribution is -2.11. The number of hydrogen-bond donors (Lipinski definition) is 0. The zero-order chi connectivity index (χ0) is 11.4. The summed E-state index contributed by atoms with van der Waals surface area (Å²) < 4.78 is 5.13. The van der Waals surface area contributed by atoms with E-state index in [-0.39, 0.29) is 0 Å². The quantitative estimate of drug-likeness (QED) is 0.789. The van der Waals surface area contributed by atoms with Gasteiger partial charge in [0, 0.05) is 17.4 Å². The van der Waals surface area contributed by atoms with Gasteiger partial charge >= 0.3 is 0 Å². The normalized spacial score (nSPS) is 20.1. The SMILES string of the molecule is COc1nc(C2CCCSC2)ccc1C#N. The molecule has 1 atom stereocenters. The minimum absolute atomic E-state index is 0.454. The van der Waals surface area contributed by atoms with Crippen molar-refractivity contribution in [3.8, 4) is 11.9 Å². The summed E-state index contributed by atoms with van der Waals surface area (Å²) >= 11 is 1.98. The summed E-state index contributed by atoms with van der Waals surface area (Å²) in [5.41, 5.74) is 1.57. The van der Waals surface area contributed by atoms with E-state index in [1.807, 2.05) is 17.8 Å². The number of pyridine rings is 1. The molecule has 1 aromatic heterocycles. The van der Waals surface area contributed by atoms with Gasteiger partial charge in [-0.3, -0.25) is 0 Å². The fourth-order valence-electron chi connectivity index (χ4n) is 1.90. The Morgan fingerprint density at radius 1 is 1.56 bits per heavy atom. The van der Waals surface area contributed by atoms with Crippen molar-refractivity contribution in [1.82, 2.24) is 4.98 Å². The molecule has 2 heterocycles. The lowest BCUT2D eigenvalue weighted by Gasteiger charge is -2.21. The van der Waals surface area contributed by atoms with E-state index >= 15 is 0 Å². The number of rotatable bonds is 2. The van der Waals surface area contributed by atoms with Gasteiger partial charge in [0.25, 0.3) is 0 Å². The third kappa shape index (κ3) is 2.30. The molecule has 84 valence electrons. The van der Waals surface area contributed by atoms with Gasteiger partial charge in [-0.2, -0.15) is 17.0 Å². The highest BCUT2D eigenvalue weighted by Gasteiger charge is 2.18. The van der Waals surface area contributed by atoms with Crippen molar-refractivity contribution >= 4 is 11.8 Å². The zero-order valence-corrected chi connectivity index (χ0v) is 10.1. The zero-order valence-electron chi connectivity index (χ0n) is 9.27. The van der Waals surface area contributed by atoms with Gasteiger partial charge in [0.1, 0.15) is 11.6 Å². The van der Waals surface area contributed by atoms with E-state index in [4.69, 9.17) is 10.00 Å². The summed E-state index contributed by atoms with van der Waals surface area (Å²) in [6.07, 6.45) is 2.44. The van der Waals surface area contributed by atoms with Crippen LogP contribution in [0.25, 0.3) is 0 Å². The molecule has 1 fully saturated rings. The maximum absolute atomic E-state index is 8.88. The van der Waals surface area contributed by atoms with Crippen LogP contribution in [-0.4, -0.2) is 23.6 Å². The van der Waals surface area contributed by atoms with Gasteiger partial charge in [-0.15, -0.1) is 0 Å². The maximum Gasteiger partial charge on any atom is 0.231 e. The number of thioether (sulfide) groups is 1. The highest BCUT2D eigenvalue weighted by molar-refractivity contribution is 7.99. The van der Waals surface area contributed by atoms with Crippen molar-refractivity contribution < 1.29 is 4.74 Å². The Labute approximate surface area is 99.8 Å². The first kappa shape index (κ1) is 11.3. The molecule has 0 bridgehead atoms. The minimum Gasteiger partial charge on any atom is -0.480 e. The average molecular weight is 234 g/mol. The van der Waals surface area contributed by atoms with Crippen LogP contribution in [0.2, 0.25) is 0 Å². The largest absolute Gasteiger partial charge is 0.480 e. The number of ether oxygens (including phenoxy) is 1. The second kappa shape index (κ2) is 5.22. The van der Waals surface area contributed by atoms with Crippen LogP contribution >= 0.6 is 11.8 Å². The summed E-state index contributed by atoms with van der Waals surface area (Å²) in [7, 11) is 1.56. The monoisotopic (exact) mass is 234 g/mol. The molecule has 2 rings (SSSR count). The van der Waals surface area contributed by atoms with Crippen LogP contribution in [0.4, 0.5) is 0 Å². The first-order chi connectivity index (χ1) is 7.85. The van der Waals surface area contributed by atoms with E-state index in [1.54, 1.807) is 13.2 Å². The van der Waals surface area contributed by atoms with Crippen LogP contribution in [0, 0.1) is 11.3 Å². The van der Waals surface area contributed by atoms with Crippen molar-refractivity contribution in [3.63, 3.8) is 0 Å². The van der Waals surface area contributed by atoms with Crippen molar-refractivity contribution in [2.45, 2.75) is 18.8 Å². The summed E-state index contributed by atoms with van der Waals surface area (Å²) in [5.74, 6) is 3.35. The molecule has 3 nitrogen and oxygen atoms in total. The van der Waals surface area contributed by atoms with Gasteiger partial charge in [0.05, 0.1) is 7.11 Å². The van der Waals surface area contributed by atoms with E-state index in [0.29, 0.717) is 17.4 Å². The van der Waals surface area contributed by atoms with E-state index < -0.39 is 0 Å². The van der Waals surface area contributed by atoms with Crippen molar-refractivity contribution in [3.05, 3.63) is 23.4 Å². The Kier molecular flexibility index (Phi) is 3.68. The molecule has 16 heavy (non-hydrogen) atoms. The molecule has 0 aliphatic carbocycles. The van der Waals surface area contributed by atoms with Gasteiger partial charge in [-0.25, -0.2) is 4.98 Å². The topological polar surface area (TPSA) is 45.9 Å². The molecule has 0 amide bonds. The molecule has 0 saturated carbocycles. The van der Waals surface area contributed by atoms with E-state index in [1.165, 1.54) is 18.6 Å². The molecule has 1 aromatic rings. The predicted octanol–water partition coefficient (Wildman–Crippen LogP) is 2.57. The summed E-state index contributed by atoms with van der Waals surface area (Å²) in [6, 6.07) is 5.85. The van der Waals surface area contributed by atoms with Crippen LogP contribution < -0.4 is 4.74 Å². The van der Waals surface area contributed by atoms with Crippen molar-refractivity contribution in [2.24, 2.45) is 0 Å². The molecule has 1 aliphatic rings. The molecule has 1 saturated heterocycles. The summed E-state index contributed by atoms with van der Waals surface area (Å²) in [6.45, 7) is 0. The summed E-state index contributed by atoms with van der Waals surface area (Å²) in [4.78, 5) is 4.43. The minimum atomic E-state index is 0.454. The fraction of sp³-hybridized carbons (Fsp3) is 0.500. The van der Waals surface area contributed by atoms with Gasteiger partial charge < -0.3 is 4.74 Å². The lowest BCUT2D eigenvalue weighted by atomic mass is 10.0. The smallest absolute Gasteiger partial charge is 0.231 e. The van der Waals surface area contributed by atoms with Gasteiger partial charge in [-0.1, -0.05) is 0 Å². The number of hydrogen-bond acceptors (Lipinski definition) is 4. The Hall–Kier alpha value is -1.21. The first-order valence-electron chi connectivity index (χ1n) is 5.38. The maximum atomic E-state index is 8.88. The summed E-state index contributed by atoms with van der Waals surface area (Å²) in [5, 5.41) is 8.88. The molecule has 0 N–H and O–H groups in total. The molecule has 1 aliphatic heterocycles. The van der Waals surface area contributed by atoms with Gasteiger partial charge in [0.15, 0.2) is 0 Å². The lowest BCUT2D eigenvalue weighted by molar-refractivity contribution is 0.393. The van der Waals surface area contributed by atoms with Crippen LogP contribution in [0.5, 0.6) is 5.88 Å². The first-order valence-corrected chi connectivity index (χ1v) is 6.53. The standard InChI is InChI=1S/C12H14N2OS/c1-15-12-9(7-13)4-5-11(14-12)10-3-2-6-16-8-10/h4-5,10H,2-3,6,8H2,1H3. The highest BCUT2D eigenvalue weighted by Crippen LogP contribution is 2.31. The molecule has 0 spiro atoms. The van der Waals surface area contributed by atoms with E-state index in [2.05, 4.69) is 11.1 Å². The third-order valence-corrected chi connectivity index (χ3v) is 3.99. The average Bonchev–Trinajstić information content (AvgIpc) is 2.39.